The molecular formula is C21H32O. The van der Waals surface area contributed by atoms with Gasteiger partial charge in [0, 0.05) is 12.0 Å². The summed E-state index contributed by atoms with van der Waals surface area (Å²) < 4.78 is 6.47. The molecule has 0 saturated heterocycles. The first-order valence-electron chi connectivity index (χ1n) is 9.11. The van der Waals surface area contributed by atoms with E-state index in [9.17, 15) is 0 Å². The van der Waals surface area contributed by atoms with Crippen molar-refractivity contribution < 1.29 is 4.74 Å². The fraction of sp³-hybridized carbons (Fsp3) is 0.619. The molecule has 1 heterocycles. The molecule has 1 heteroatoms. The van der Waals surface area contributed by atoms with Gasteiger partial charge in [-0.1, -0.05) is 63.8 Å². The smallest absolute Gasteiger partial charge is 0.128 e. The first kappa shape index (κ1) is 17.1. The van der Waals surface area contributed by atoms with E-state index in [1.165, 1.54) is 61.0 Å². The summed E-state index contributed by atoms with van der Waals surface area (Å²) in [5.74, 6) is 1.26. The molecule has 0 N–H and O–H groups in total. The molecule has 1 aliphatic heterocycles. The van der Waals surface area contributed by atoms with Crippen LogP contribution in [-0.2, 0) is 10.3 Å². The minimum atomic E-state index is -0.202. The Bertz CT molecular complexity index is 510. The van der Waals surface area contributed by atoms with Gasteiger partial charge in [-0.15, -0.1) is 0 Å². The summed E-state index contributed by atoms with van der Waals surface area (Å²) >= 11 is 0. The number of unbranched alkanes of at least 4 members (excludes halogenated alkanes) is 4. The third-order valence-corrected chi connectivity index (χ3v) is 4.65. The highest BCUT2D eigenvalue weighted by Crippen LogP contribution is 2.43. The highest BCUT2D eigenvalue weighted by atomic mass is 16.5. The van der Waals surface area contributed by atoms with Crippen molar-refractivity contribution in [3.05, 3.63) is 41.2 Å². The molecule has 22 heavy (non-hydrogen) atoms. The predicted molar refractivity (Wildman–Crippen MR) is 95.8 cm³/mol. The molecule has 0 spiro atoms. The van der Waals surface area contributed by atoms with E-state index in [4.69, 9.17) is 4.74 Å². The summed E-state index contributed by atoms with van der Waals surface area (Å²) in [5.41, 5.74) is 4.05. The molecule has 0 saturated carbocycles. The minimum absolute atomic E-state index is 0.202. The van der Waals surface area contributed by atoms with E-state index < -0.39 is 0 Å². The number of hydrogen-bond acceptors (Lipinski definition) is 1. The normalized spacial score (nSPS) is 16.4. The Hall–Kier alpha value is -1.24. The summed E-state index contributed by atoms with van der Waals surface area (Å²) in [6, 6.07) is 8.83. The maximum atomic E-state index is 6.47. The third kappa shape index (κ3) is 3.94. The van der Waals surface area contributed by atoms with E-state index in [1.807, 2.05) is 0 Å². The number of ether oxygens (including phenoxy) is 1. The molecule has 0 bridgehead atoms. The summed E-state index contributed by atoms with van der Waals surface area (Å²) in [4.78, 5) is 0. The minimum Gasteiger partial charge on any atom is -0.487 e. The van der Waals surface area contributed by atoms with Crippen molar-refractivity contribution in [1.82, 2.24) is 0 Å². The summed E-state index contributed by atoms with van der Waals surface area (Å²) in [5, 5.41) is 0. The van der Waals surface area contributed by atoms with Crippen molar-refractivity contribution >= 4 is 5.57 Å². The second kappa shape index (κ2) is 7.85. The van der Waals surface area contributed by atoms with Gasteiger partial charge in [-0.25, -0.2) is 0 Å². The lowest BCUT2D eigenvalue weighted by molar-refractivity contribution is 0.0223. The van der Waals surface area contributed by atoms with E-state index in [0.717, 1.165) is 12.8 Å². The van der Waals surface area contributed by atoms with Crippen molar-refractivity contribution in [3.63, 3.8) is 0 Å². The van der Waals surface area contributed by atoms with E-state index in [1.54, 1.807) is 0 Å². The molecule has 0 radical (unpaired) electrons. The van der Waals surface area contributed by atoms with Crippen molar-refractivity contribution in [2.45, 2.75) is 84.7 Å². The van der Waals surface area contributed by atoms with E-state index >= 15 is 0 Å². The van der Waals surface area contributed by atoms with Gasteiger partial charge in [0.05, 0.1) is 0 Å². The summed E-state index contributed by atoms with van der Waals surface area (Å²) in [6.45, 7) is 8.94. The van der Waals surface area contributed by atoms with Crippen LogP contribution in [0.2, 0.25) is 0 Å². The first-order chi connectivity index (χ1) is 10.6. The lowest BCUT2D eigenvalue weighted by Gasteiger charge is -2.37. The van der Waals surface area contributed by atoms with Crippen LogP contribution >= 0.6 is 0 Å². The number of hydrogen-bond donors (Lipinski definition) is 0. The van der Waals surface area contributed by atoms with Crippen LogP contribution < -0.4 is 0 Å². The van der Waals surface area contributed by atoms with Crippen molar-refractivity contribution in [2.75, 3.05) is 0 Å². The highest BCUT2D eigenvalue weighted by Gasteiger charge is 2.33. The van der Waals surface area contributed by atoms with Gasteiger partial charge in [0.25, 0.3) is 0 Å². The third-order valence-electron chi connectivity index (χ3n) is 4.65. The molecule has 1 aromatic carbocycles. The largest absolute Gasteiger partial charge is 0.487 e. The summed E-state index contributed by atoms with van der Waals surface area (Å²) in [7, 11) is 0. The second-order valence-electron chi connectivity index (χ2n) is 6.97. The Kier molecular flexibility index (Phi) is 6.11. The van der Waals surface area contributed by atoms with Gasteiger partial charge in [-0.05, 0) is 44.2 Å². The molecule has 0 atom stereocenters. The van der Waals surface area contributed by atoms with Gasteiger partial charge in [-0.3, -0.25) is 0 Å². The molecule has 122 valence electrons. The van der Waals surface area contributed by atoms with E-state index in [0.29, 0.717) is 0 Å². The average molecular weight is 300 g/mol. The molecular weight excluding hydrogens is 268 g/mol. The molecule has 0 amide bonds. The quantitative estimate of drug-likeness (QED) is 0.478. The molecule has 1 nitrogen and oxygen atoms in total. The van der Waals surface area contributed by atoms with Crippen LogP contribution in [0.15, 0.2) is 30.0 Å². The van der Waals surface area contributed by atoms with Crippen LogP contribution in [0.25, 0.3) is 5.57 Å². The fourth-order valence-corrected chi connectivity index (χ4v) is 3.41. The zero-order valence-electron chi connectivity index (χ0n) is 14.9. The van der Waals surface area contributed by atoms with Crippen molar-refractivity contribution in [1.29, 1.82) is 0 Å². The van der Waals surface area contributed by atoms with Gasteiger partial charge in [0.1, 0.15) is 11.4 Å². The van der Waals surface area contributed by atoms with Crippen LogP contribution in [0.3, 0.4) is 0 Å². The molecule has 0 unspecified atom stereocenters. The Labute approximate surface area is 136 Å². The molecule has 0 aliphatic carbocycles. The Balaban J connectivity index is 2.32. The van der Waals surface area contributed by atoms with Gasteiger partial charge in [0.15, 0.2) is 0 Å². The number of fused-ring (bicyclic) bond motifs is 1. The lowest BCUT2D eigenvalue weighted by atomic mass is 9.83. The van der Waals surface area contributed by atoms with Crippen LogP contribution in [0, 0.1) is 0 Å². The predicted octanol–water partition coefficient (Wildman–Crippen LogP) is 6.82. The Morgan fingerprint density at radius 2 is 1.50 bits per heavy atom. The summed E-state index contributed by atoms with van der Waals surface area (Å²) in [6.07, 6.45) is 9.87. The zero-order chi connectivity index (χ0) is 16.0. The number of benzene rings is 1. The molecule has 2 rings (SSSR count). The van der Waals surface area contributed by atoms with Gasteiger partial charge < -0.3 is 4.74 Å². The second-order valence-corrected chi connectivity index (χ2v) is 6.97. The van der Waals surface area contributed by atoms with Crippen molar-refractivity contribution in [2.24, 2.45) is 0 Å². The fourth-order valence-electron chi connectivity index (χ4n) is 3.41. The average Bonchev–Trinajstić information content (AvgIpc) is 2.50. The van der Waals surface area contributed by atoms with Crippen LogP contribution in [0.4, 0.5) is 0 Å². The number of allylic oxidation sites excluding steroid dienone is 2. The van der Waals surface area contributed by atoms with Gasteiger partial charge in [0.2, 0.25) is 0 Å². The standard InChI is InChI=1S/C21H32O/c1-5-7-9-14-18-17-13-11-12-15-19(17)21(3,4)22-20(18)16-10-8-6-2/h11-13,15H,5-10,14,16H2,1-4H3. The van der Waals surface area contributed by atoms with Gasteiger partial charge in [-0.2, -0.15) is 0 Å². The highest BCUT2D eigenvalue weighted by molar-refractivity contribution is 5.72. The monoisotopic (exact) mass is 300 g/mol. The Morgan fingerprint density at radius 1 is 0.864 bits per heavy atom. The maximum absolute atomic E-state index is 6.47. The molecule has 0 fully saturated rings. The molecule has 0 aromatic heterocycles. The Morgan fingerprint density at radius 3 is 2.18 bits per heavy atom. The van der Waals surface area contributed by atoms with Crippen LogP contribution in [0.5, 0.6) is 0 Å². The number of rotatable bonds is 8. The van der Waals surface area contributed by atoms with Crippen LogP contribution in [-0.4, -0.2) is 0 Å². The molecule has 1 aliphatic rings. The van der Waals surface area contributed by atoms with Crippen molar-refractivity contribution in [3.8, 4) is 0 Å². The first-order valence-corrected chi connectivity index (χ1v) is 9.11. The topological polar surface area (TPSA) is 9.23 Å². The lowest BCUT2D eigenvalue weighted by Crippen LogP contribution is -2.27. The van der Waals surface area contributed by atoms with Gasteiger partial charge >= 0.3 is 0 Å². The van der Waals surface area contributed by atoms with E-state index in [2.05, 4.69) is 52.0 Å². The van der Waals surface area contributed by atoms with E-state index in [-0.39, 0.29) is 5.60 Å². The van der Waals surface area contributed by atoms with Crippen LogP contribution in [0.1, 0.15) is 90.2 Å². The maximum Gasteiger partial charge on any atom is 0.128 e. The SMILES string of the molecule is CCCCCC1=C(CCCCC)c2ccccc2C(C)(C)O1. The molecule has 1 aromatic rings. The zero-order valence-corrected chi connectivity index (χ0v) is 14.9.